The lowest BCUT2D eigenvalue weighted by atomic mass is 9.43. The summed E-state index contributed by atoms with van der Waals surface area (Å²) in [5.41, 5.74) is -4.03. The summed E-state index contributed by atoms with van der Waals surface area (Å²) < 4.78 is 5.04. The number of fused-ring (bicyclic) bond motifs is 2. The summed E-state index contributed by atoms with van der Waals surface area (Å²) in [6.45, 7) is 4.07. The SMILES string of the molecule is C/C=C/COC(=O)C1C(=O)C2(C)C(=O)C(C)(O)C1C1C(=O)NC(=O)C12. The number of imide groups is 1. The summed E-state index contributed by atoms with van der Waals surface area (Å²) in [7, 11) is 0. The maximum Gasteiger partial charge on any atom is 0.317 e. The quantitative estimate of drug-likeness (QED) is 0.294. The van der Waals surface area contributed by atoms with Gasteiger partial charge in [0.15, 0.2) is 11.6 Å². The molecular weight excluding hydrogens is 330 g/mol. The van der Waals surface area contributed by atoms with E-state index >= 15 is 0 Å². The van der Waals surface area contributed by atoms with Crippen LogP contribution in [0.4, 0.5) is 0 Å². The number of Topliss-reactive ketones (excluding diaryl/α,β-unsaturated/α-hetero) is 2. The molecule has 0 radical (unpaired) electrons. The van der Waals surface area contributed by atoms with Crippen LogP contribution >= 0.6 is 0 Å². The molecule has 2 bridgehead atoms. The van der Waals surface area contributed by atoms with Gasteiger partial charge in [-0.05, 0) is 20.8 Å². The lowest BCUT2D eigenvalue weighted by molar-refractivity contribution is -0.203. The Morgan fingerprint density at radius 3 is 2.48 bits per heavy atom. The first-order valence-corrected chi connectivity index (χ1v) is 8.04. The summed E-state index contributed by atoms with van der Waals surface area (Å²) in [6.07, 6.45) is 3.21. The van der Waals surface area contributed by atoms with E-state index < -0.39 is 64.0 Å². The fourth-order valence-corrected chi connectivity index (χ4v) is 4.61. The van der Waals surface area contributed by atoms with E-state index in [-0.39, 0.29) is 6.61 Å². The van der Waals surface area contributed by atoms with Gasteiger partial charge in [0.1, 0.15) is 23.5 Å². The van der Waals surface area contributed by atoms with Gasteiger partial charge in [0, 0.05) is 5.92 Å². The van der Waals surface area contributed by atoms with Gasteiger partial charge >= 0.3 is 5.97 Å². The minimum Gasteiger partial charge on any atom is -0.461 e. The molecule has 6 unspecified atom stereocenters. The molecule has 1 heterocycles. The zero-order chi connectivity index (χ0) is 18.7. The molecule has 0 aromatic rings. The molecule has 1 aliphatic heterocycles. The molecule has 2 amide bonds. The minimum absolute atomic E-state index is 0.0716. The second kappa shape index (κ2) is 5.32. The molecule has 8 nitrogen and oxygen atoms in total. The highest BCUT2D eigenvalue weighted by molar-refractivity contribution is 6.25. The normalized spacial score (nSPS) is 42.7. The van der Waals surface area contributed by atoms with Gasteiger partial charge in [0.05, 0.1) is 11.8 Å². The number of hydrogen-bond acceptors (Lipinski definition) is 7. The van der Waals surface area contributed by atoms with Crippen LogP contribution in [0.5, 0.6) is 0 Å². The molecule has 6 atom stereocenters. The highest BCUT2D eigenvalue weighted by atomic mass is 16.5. The van der Waals surface area contributed by atoms with Crippen molar-refractivity contribution in [2.75, 3.05) is 6.61 Å². The van der Waals surface area contributed by atoms with E-state index in [0.717, 1.165) is 0 Å². The zero-order valence-electron chi connectivity index (χ0n) is 14.1. The summed E-state index contributed by atoms with van der Waals surface area (Å²) in [4.78, 5) is 62.6. The average Bonchev–Trinajstić information content (AvgIpc) is 2.83. The molecule has 0 aromatic heterocycles. The van der Waals surface area contributed by atoms with Crippen molar-refractivity contribution in [1.82, 2.24) is 5.32 Å². The summed E-state index contributed by atoms with van der Waals surface area (Å²) in [6, 6.07) is 0. The molecule has 8 heteroatoms. The van der Waals surface area contributed by atoms with E-state index in [2.05, 4.69) is 5.32 Å². The van der Waals surface area contributed by atoms with Crippen LogP contribution in [0.3, 0.4) is 0 Å². The lowest BCUT2D eigenvalue weighted by Gasteiger charge is -2.56. The molecule has 1 saturated heterocycles. The van der Waals surface area contributed by atoms with E-state index in [9.17, 15) is 29.1 Å². The van der Waals surface area contributed by atoms with Gasteiger partial charge in [0.25, 0.3) is 0 Å². The molecule has 2 N–H and O–H groups in total. The molecule has 3 aliphatic carbocycles. The van der Waals surface area contributed by atoms with Crippen molar-refractivity contribution in [2.24, 2.45) is 29.1 Å². The Bertz CT molecular complexity index is 737. The first kappa shape index (κ1) is 17.5. The molecule has 4 rings (SSSR count). The van der Waals surface area contributed by atoms with Gasteiger partial charge in [-0.15, -0.1) is 0 Å². The average molecular weight is 349 g/mol. The number of aliphatic hydroxyl groups is 1. The predicted octanol–water partition coefficient (Wildman–Crippen LogP) is -0.850. The molecule has 25 heavy (non-hydrogen) atoms. The Morgan fingerprint density at radius 1 is 1.24 bits per heavy atom. The summed E-state index contributed by atoms with van der Waals surface area (Å²) in [5, 5.41) is 12.9. The summed E-state index contributed by atoms with van der Waals surface area (Å²) >= 11 is 0. The van der Waals surface area contributed by atoms with Crippen LogP contribution < -0.4 is 5.32 Å². The van der Waals surface area contributed by atoms with Crippen molar-refractivity contribution in [2.45, 2.75) is 26.4 Å². The second-order valence-electron chi connectivity index (χ2n) is 7.10. The largest absolute Gasteiger partial charge is 0.461 e. The van der Waals surface area contributed by atoms with Crippen LogP contribution in [0.25, 0.3) is 0 Å². The van der Waals surface area contributed by atoms with Gasteiger partial charge in [-0.25, -0.2) is 0 Å². The Balaban J connectivity index is 2.11. The van der Waals surface area contributed by atoms with E-state index in [1.165, 1.54) is 13.8 Å². The van der Waals surface area contributed by atoms with Crippen molar-refractivity contribution < 1.29 is 33.8 Å². The van der Waals surface area contributed by atoms with Crippen LogP contribution in [0.1, 0.15) is 20.8 Å². The monoisotopic (exact) mass is 349 g/mol. The zero-order valence-corrected chi connectivity index (χ0v) is 14.1. The topological polar surface area (TPSA) is 127 Å². The standard InChI is InChI=1S/C17H19NO7/c1-4-5-6-25-14(22)8-9-7-10(13(21)18-12(7)20)16(2,11(8)19)15(23)17(9,3)24/h4-5,7-10,24H,6H2,1-3H3,(H,18,20,21)/b5-4+. The molecular formula is C17H19NO7. The number of carbonyl (C=O) groups excluding carboxylic acids is 5. The first-order valence-electron chi connectivity index (χ1n) is 8.04. The number of ketones is 2. The van der Waals surface area contributed by atoms with Gasteiger partial charge in [0.2, 0.25) is 11.8 Å². The second-order valence-corrected chi connectivity index (χ2v) is 7.10. The highest BCUT2D eigenvalue weighted by Crippen LogP contribution is 2.60. The lowest BCUT2D eigenvalue weighted by Crippen LogP contribution is -2.74. The molecule has 0 spiro atoms. The minimum atomic E-state index is -2.09. The predicted molar refractivity (Wildman–Crippen MR) is 81.6 cm³/mol. The number of allylic oxidation sites excluding steroid dienone is 1. The van der Waals surface area contributed by atoms with Crippen molar-refractivity contribution >= 4 is 29.4 Å². The number of carbonyl (C=O) groups is 5. The molecule has 3 saturated carbocycles. The number of esters is 1. The van der Waals surface area contributed by atoms with E-state index in [1.54, 1.807) is 19.1 Å². The fraction of sp³-hybridized carbons (Fsp3) is 0.588. The molecule has 4 aliphatic rings. The van der Waals surface area contributed by atoms with Crippen LogP contribution in [-0.2, 0) is 28.7 Å². The number of ether oxygens (including phenoxy) is 1. The van der Waals surface area contributed by atoms with Gasteiger partial charge in [-0.1, -0.05) is 12.2 Å². The Hall–Kier alpha value is -2.35. The first-order chi connectivity index (χ1) is 11.6. The Kier molecular flexibility index (Phi) is 3.72. The van der Waals surface area contributed by atoms with E-state index in [0.29, 0.717) is 0 Å². The third-order valence-corrected chi connectivity index (χ3v) is 5.74. The Morgan fingerprint density at radius 2 is 1.88 bits per heavy atom. The third kappa shape index (κ3) is 2.00. The summed E-state index contributed by atoms with van der Waals surface area (Å²) in [5.74, 6) is -9.04. The molecule has 134 valence electrons. The molecule has 4 fully saturated rings. The van der Waals surface area contributed by atoms with E-state index in [4.69, 9.17) is 4.74 Å². The number of amides is 2. The van der Waals surface area contributed by atoms with Gasteiger partial charge < -0.3 is 9.84 Å². The highest BCUT2D eigenvalue weighted by Gasteiger charge is 2.78. The Labute approximate surface area is 143 Å². The van der Waals surface area contributed by atoms with Crippen molar-refractivity contribution in [3.8, 4) is 0 Å². The van der Waals surface area contributed by atoms with Crippen LogP contribution in [-0.4, -0.2) is 46.7 Å². The van der Waals surface area contributed by atoms with Crippen LogP contribution in [0.2, 0.25) is 0 Å². The van der Waals surface area contributed by atoms with Crippen molar-refractivity contribution in [1.29, 1.82) is 0 Å². The number of hydrogen-bond donors (Lipinski definition) is 2. The van der Waals surface area contributed by atoms with E-state index in [1.807, 2.05) is 0 Å². The smallest absolute Gasteiger partial charge is 0.317 e. The van der Waals surface area contributed by atoms with Crippen molar-refractivity contribution in [3.05, 3.63) is 12.2 Å². The number of rotatable bonds is 3. The van der Waals surface area contributed by atoms with Gasteiger partial charge in [-0.2, -0.15) is 0 Å². The fourth-order valence-electron chi connectivity index (χ4n) is 4.61. The van der Waals surface area contributed by atoms with Crippen LogP contribution in [0.15, 0.2) is 12.2 Å². The van der Waals surface area contributed by atoms with Crippen molar-refractivity contribution in [3.63, 3.8) is 0 Å². The van der Waals surface area contributed by atoms with Crippen LogP contribution in [0, 0.1) is 29.1 Å². The van der Waals surface area contributed by atoms with Gasteiger partial charge in [-0.3, -0.25) is 29.3 Å². The molecule has 0 aromatic carbocycles. The maximum atomic E-state index is 12.9. The maximum absolute atomic E-state index is 12.9. The number of nitrogens with one attached hydrogen (secondary N) is 1. The third-order valence-electron chi connectivity index (χ3n) is 5.74.